The lowest BCUT2D eigenvalue weighted by Gasteiger charge is -2.05. The number of carbonyl (C=O) groups is 1. The molecule has 2 aromatic heterocycles. The van der Waals surface area contributed by atoms with Gasteiger partial charge < -0.3 is 14.5 Å². The second kappa shape index (κ2) is 7.40. The minimum absolute atomic E-state index is 0.0626. The molecule has 0 atom stereocenters. The van der Waals surface area contributed by atoms with E-state index < -0.39 is 5.91 Å². The molecule has 0 saturated carbocycles. The van der Waals surface area contributed by atoms with Gasteiger partial charge >= 0.3 is 0 Å². The number of rotatable bonds is 5. The van der Waals surface area contributed by atoms with E-state index in [0.29, 0.717) is 17.3 Å². The first kappa shape index (κ1) is 17.5. The van der Waals surface area contributed by atoms with Gasteiger partial charge in [-0.15, -0.1) is 5.10 Å². The summed E-state index contributed by atoms with van der Waals surface area (Å²) in [6, 6.07) is 16.6. The number of methoxy groups -OCH3 is 1. The van der Waals surface area contributed by atoms with E-state index in [1.807, 2.05) is 31.2 Å². The molecular formula is C21H18N4O3. The third-order valence-corrected chi connectivity index (χ3v) is 4.22. The van der Waals surface area contributed by atoms with Crippen molar-refractivity contribution in [3.8, 4) is 22.8 Å². The Morgan fingerprint density at radius 1 is 1.07 bits per heavy atom. The molecule has 0 unspecified atom stereocenters. The molecule has 2 heterocycles. The van der Waals surface area contributed by atoms with Gasteiger partial charge in [0.25, 0.3) is 5.91 Å². The number of ether oxygens (including phenoxy) is 1. The Bertz CT molecular complexity index is 1080. The van der Waals surface area contributed by atoms with Crippen molar-refractivity contribution in [2.24, 2.45) is 0 Å². The molecule has 0 fully saturated rings. The molecule has 0 aliphatic heterocycles. The van der Waals surface area contributed by atoms with E-state index in [4.69, 9.17) is 9.15 Å². The fourth-order valence-electron chi connectivity index (χ4n) is 2.71. The van der Waals surface area contributed by atoms with Gasteiger partial charge in [0.2, 0.25) is 5.82 Å². The van der Waals surface area contributed by atoms with Crippen LogP contribution in [0.1, 0.15) is 16.2 Å². The predicted octanol–water partition coefficient (Wildman–Crippen LogP) is 4.10. The van der Waals surface area contributed by atoms with E-state index in [-0.39, 0.29) is 5.82 Å². The highest BCUT2D eigenvalue weighted by Crippen LogP contribution is 2.22. The van der Waals surface area contributed by atoms with Crippen molar-refractivity contribution < 1.29 is 13.9 Å². The molecule has 0 saturated heterocycles. The number of carbonyl (C=O) groups excluding carboxylic acids is 1. The van der Waals surface area contributed by atoms with Crippen molar-refractivity contribution in [3.05, 3.63) is 78.5 Å². The molecule has 1 N–H and O–H groups in total. The molecule has 4 aromatic rings. The second-order valence-corrected chi connectivity index (χ2v) is 6.20. The molecule has 28 heavy (non-hydrogen) atoms. The van der Waals surface area contributed by atoms with Gasteiger partial charge in [0.05, 0.1) is 24.6 Å². The lowest BCUT2D eigenvalue weighted by atomic mass is 10.2. The summed E-state index contributed by atoms with van der Waals surface area (Å²) in [5, 5.41) is 7.22. The fraction of sp³-hybridized carbons (Fsp3) is 0.0952. The fourth-order valence-corrected chi connectivity index (χ4v) is 2.71. The maximum Gasteiger partial charge on any atom is 0.295 e. The number of hydrogen-bond acceptors (Lipinski definition) is 5. The number of nitrogens with zero attached hydrogens (tertiary/aromatic N) is 3. The third kappa shape index (κ3) is 3.50. The van der Waals surface area contributed by atoms with Crippen LogP contribution in [-0.2, 0) is 0 Å². The van der Waals surface area contributed by atoms with E-state index in [2.05, 4.69) is 15.4 Å². The Kier molecular flexibility index (Phi) is 4.63. The Morgan fingerprint density at radius 3 is 2.46 bits per heavy atom. The van der Waals surface area contributed by atoms with Crippen LogP contribution in [-0.4, -0.2) is 27.8 Å². The maximum atomic E-state index is 12.7. The van der Waals surface area contributed by atoms with Crippen LogP contribution in [0.2, 0.25) is 0 Å². The Morgan fingerprint density at radius 2 is 1.82 bits per heavy atom. The van der Waals surface area contributed by atoms with Crippen molar-refractivity contribution in [3.63, 3.8) is 0 Å². The number of anilines is 1. The number of benzene rings is 2. The van der Waals surface area contributed by atoms with Gasteiger partial charge in [-0.05, 0) is 49.4 Å². The summed E-state index contributed by atoms with van der Waals surface area (Å²) < 4.78 is 11.9. The third-order valence-electron chi connectivity index (χ3n) is 4.22. The van der Waals surface area contributed by atoms with Gasteiger partial charge in [-0.25, -0.2) is 9.67 Å². The van der Waals surface area contributed by atoms with E-state index in [9.17, 15) is 4.79 Å². The summed E-state index contributed by atoms with van der Waals surface area (Å²) in [7, 11) is 1.59. The number of amides is 1. The zero-order valence-electron chi connectivity index (χ0n) is 15.4. The number of furan rings is 1. The van der Waals surface area contributed by atoms with Crippen LogP contribution in [0.4, 0.5) is 5.69 Å². The lowest BCUT2D eigenvalue weighted by Crippen LogP contribution is -2.14. The first-order valence-corrected chi connectivity index (χ1v) is 8.66. The molecule has 7 heteroatoms. The first-order valence-electron chi connectivity index (χ1n) is 8.66. The average molecular weight is 374 g/mol. The van der Waals surface area contributed by atoms with Crippen LogP contribution in [0, 0.1) is 6.92 Å². The monoisotopic (exact) mass is 374 g/mol. The van der Waals surface area contributed by atoms with Crippen molar-refractivity contribution in [1.29, 1.82) is 0 Å². The zero-order valence-corrected chi connectivity index (χ0v) is 15.4. The summed E-state index contributed by atoms with van der Waals surface area (Å²) in [5.74, 6) is 0.896. The number of aromatic nitrogens is 3. The second-order valence-electron chi connectivity index (χ2n) is 6.20. The summed E-state index contributed by atoms with van der Waals surface area (Å²) in [5.41, 5.74) is 3.29. The molecule has 0 aliphatic carbocycles. The minimum atomic E-state index is -0.402. The van der Waals surface area contributed by atoms with Gasteiger partial charge in [0.1, 0.15) is 12.0 Å². The standard InChI is InChI=1S/C21H18N4O3/c1-14-3-7-17(8-4-14)25-20(15-11-12-28-13-15)23-19(24-25)21(26)22-16-5-9-18(27-2)10-6-16/h3-13H,1-2H3,(H,22,26). The van der Waals surface area contributed by atoms with Gasteiger partial charge in [-0.1, -0.05) is 17.7 Å². The lowest BCUT2D eigenvalue weighted by molar-refractivity contribution is 0.101. The number of hydrogen-bond donors (Lipinski definition) is 1. The molecule has 0 bridgehead atoms. The number of aryl methyl sites for hydroxylation is 1. The van der Waals surface area contributed by atoms with Crippen LogP contribution in [0.3, 0.4) is 0 Å². The average Bonchev–Trinajstić information content (AvgIpc) is 3.39. The van der Waals surface area contributed by atoms with Crippen LogP contribution in [0.25, 0.3) is 17.1 Å². The quantitative estimate of drug-likeness (QED) is 0.569. The van der Waals surface area contributed by atoms with Gasteiger partial charge in [-0.2, -0.15) is 0 Å². The largest absolute Gasteiger partial charge is 0.497 e. The molecule has 4 rings (SSSR count). The normalized spacial score (nSPS) is 10.6. The first-order chi connectivity index (χ1) is 13.6. The summed E-state index contributed by atoms with van der Waals surface area (Å²) >= 11 is 0. The molecule has 1 amide bonds. The molecule has 2 aromatic carbocycles. The van der Waals surface area contributed by atoms with Gasteiger partial charge in [-0.3, -0.25) is 4.79 Å². The SMILES string of the molecule is COc1ccc(NC(=O)c2nc(-c3ccoc3)n(-c3ccc(C)cc3)n2)cc1. The van der Waals surface area contributed by atoms with E-state index >= 15 is 0 Å². The van der Waals surface area contributed by atoms with E-state index in [1.54, 1.807) is 54.6 Å². The highest BCUT2D eigenvalue weighted by Gasteiger charge is 2.19. The van der Waals surface area contributed by atoms with Crippen LogP contribution in [0.5, 0.6) is 5.75 Å². The molecule has 0 radical (unpaired) electrons. The Hall–Kier alpha value is -3.87. The van der Waals surface area contributed by atoms with Crippen molar-refractivity contribution in [2.75, 3.05) is 12.4 Å². The highest BCUT2D eigenvalue weighted by molar-refractivity contribution is 6.01. The van der Waals surface area contributed by atoms with Crippen LogP contribution in [0.15, 0.2) is 71.5 Å². The van der Waals surface area contributed by atoms with Gasteiger partial charge in [0.15, 0.2) is 5.82 Å². The minimum Gasteiger partial charge on any atom is -0.497 e. The van der Waals surface area contributed by atoms with Crippen LogP contribution >= 0.6 is 0 Å². The Labute approximate surface area is 161 Å². The van der Waals surface area contributed by atoms with Crippen molar-refractivity contribution in [1.82, 2.24) is 14.8 Å². The number of nitrogens with one attached hydrogen (secondary N) is 1. The topological polar surface area (TPSA) is 82.2 Å². The van der Waals surface area contributed by atoms with Crippen molar-refractivity contribution in [2.45, 2.75) is 6.92 Å². The molecular weight excluding hydrogens is 356 g/mol. The maximum absolute atomic E-state index is 12.7. The van der Waals surface area contributed by atoms with Gasteiger partial charge in [0, 0.05) is 5.69 Å². The molecule has 7 nitrogen and oxygen atoms in total. The molecule has 0 aliphatic rings. The highest BCUT2D eigenvalue weighted by atomic mass is 16.5. The summed E-state index contributed by atoms with van der Waals surface area (Å²) in [6.45, 7) is 2.01. The predicted molar refractivity (Wildman–Crippen MR) is 105 cm³/mol. The zero-order chi connectivity index (χ0) is 19.5. The smallest absolute Gasteiger partial charge is 0.295 e. The summed E-state index contributed by atoms with van der Waals surface area (Å²) in [6.07, 6.45) is 3.13. The van der Waals surface area contributed by atoms with E-state index in [1.165, 1.54) is 0 Å². The summed E-state index contributed by atoms with van der Waals surface area (Å²) in [4.78, 5) is 17.1. The van der Waals surface area contributed by atoms with Crippen LogP contribution < -0.4 is 10.1 Å². The van der Waals surface area contributed by atoms with E-state index in [0.717, 1.165) is 16.8 Å². The van der Waals surface area contributed by atoms with Crippen molar-refractivity contribution >= 4 is 11.6 Å². The molecule has 0 spiro atoms. The molecule has 140 valence electrons. The Balaban J connectivity index is 1.68.